The monoisotopic (exact) mass is 376 g/mol. The first-order valence-electron chi connectivity index (χ1n) is 10.0. The second kappa shape index (κ2) is 6.62. The van der Waals surface area contributed by atoms with Crippen molar-refractivity contribution < 1.29 is 9.21 Å². The van der Waals surface area contributed by atoms with E-state index in [9.17, 15) is 4.79 Å². The average molecular weight is 376 g/mol. The second-order valence-corrected chi connectivity index (χ2v) is 8.13. The molecule has 5 rings (SSSR count). The summed E-state index contributed by atoms with van der Waals surface area (Å²) in [4.78, 5) is 14.7. The van der Waals surface area contributed by atoms with Crippen LogP contribution in [0.15, 0.2) is 46.9 Å². The Kier molecular flexibility index (Phi) is 4.07. The van der Waals surface area contributed by atoms with Crippen molar-refractivity contribution >= 4 is 22.7 Å². The number of nitrogens with one attached hydrogen (secondary N) is 1. The third-order valence-electron chi connectivity index (χ3n) is 6.25. The van der Waals surface area contributed by atoms with Gasteiger partial charge in [-0.05, 0) is 54.9 Å². The number of hydrogen-bond acceptors (Lipinski definition) is 5. The summed E-state index contributed by atoms with van der Waals surface area (Å²) < 4.78 is 5.82. The van der Waals surface area contributed by atoms with Crippen molar-refractivity contribution in [3.63, 3.8) is 0 Å². The van der Waals surface area contributed by atoms with Gasteiger partial charge in [-0.15, -0.1) is 5.10 Å². The molecule has 0 unspecified atom stereocenters. The molecule has 28 heavy (non-hydrogen) atoms. The van der Waals surface area contributed by atoms with Crippen LogP contribution >= 0.6 is 0 Å². The van der Waals surface area contributed by atoms with Gasteiger partial charge in [0.15, 0.2) is 0 Å². The molecule has 1 amide bonds. The number of nitrogens with zero attached hydrogens (tertiary/aromatic N) is 3. The summed E-state index contributed by atoms with van der Waals surface area (Å²) in [5, 5.41) is 13.6. The quantitative estimate of drug-likeness (QED) is 0.742. The zero-order valence-electron chi connectivity index (χ0n) is 16.0. The number of benzene rings is 2. The standard InChI is InChI=1S/C22H24N4O2/c1-15(20(27)26-13-11-22(9-10-22)12-14-26)23-21-25-24-19(28-21)18-8-4-6-16-5-2-3-7-17(16)18/h2-8,15H,9-14H2,1H3,(H,23,25)/t15-/m0/s1. The summed E-state index contributed by atoms with van der Waals surface area (Å²) in [6.07, 6.45) is 4.94. The van der Waals surface area contributed by atoms with Gasteiger partial charge in [0.05, 0.1) is 0 Å². The number of rotatable bonds is 4. The molecule has 3 aromatic rings. The Labute approximate surface area is 163 Å². The predicted molar refractivity (Wildman–Crippen MR) is 108 cm³/mol. The molecular weight excluding hydrogens is 352 g/mol. The number of carbonyl (C=O) groups is 1. The van der Waals surface area contributed by atoms with Gasteiger partial charge in [-0.3, -0.25) is 4.79 Å². The zero-order valence-corrected chi connectivity index (χ0v) is 16.0. The number of fused-ring (bicyclic) bond motifs is 1. The van der Waals surface area contributed by atoms with Crippen molar-refractivity contribution in [3.8, 4) is 11.5 Å². The molecule has 2 heterocycles. The lowest BCUT2D eigenvalue weighted by Gasteiger charge is -2.33. The summed E-state index contributed by atoms with van der Waals surface area (Å²) in [5.74, 6) is 0.549. The molecular formula is C22H24N4O2. The van der Waals surface area contributed by atoms with Crippen molar-refractivity contribution in [2.75, 3.05) is 18.4 Å². The molecule has 1 saturated carbocycles. The van der Waals surface area contributed by atoms with Gasteiger partial charge >= 0.3 is 6.01 Å². The molecule has 6 heteroatoms. The Hall–Kier alpha value is -2.89. The largest absolute Gasteiger partial charge is 0.403 e. The minimum Gasteiger partial charge on any atom is -0.403 e. The average Bonchev–Trinajstić information content (AvgIpc) is 3.32. The van der Waals surface area contributed by atoms with Crippen LogP contribution in [-0.2, 0) is 4.79 Å². The maximum Gasteiger partial charge on any atom is 0.316 e. The van der Waals surface area contributed by atoms with Crippen LogP contribution < -0.4 is 5.32 Å². The fourth-order valence-electron chi connectivity index (χ4n) is 4.20. The maximum absolute atomic E-state index is 12.8. The molecule has 6 nitrogen and oxygen atoms in total. The second-order valence-electron chi connectivity index (χ2n) is 8.13. The Morgan fingerprint density at radius 1 is 1.07 bits per heavy atom. The molecule has 2 fully saturated rings. The van der Waals surface area contributed by atoms with Gasteiger partial charge in [0.2, 0.25) is 11.8 Å². The Morgan fingerprint density at radius 2 is 1.82 bits per heavy atom. The van der Waals surface area contributed by atoms with Crippen molar-refractivity contribution in [2.24, 2.45) is 5.41 Å². The van der Waals surface area contributed by atoms with Gasteiger partial charge in [0.25, 0.3) is 0 Å². The fraction of sp³-hybridized carbons (Fsp3) is 0.409. The smallest absolute Gasteiger partial charge is 0.316 e. The fourth-order valence-corrected chi connectivity index (χ4v) is 4.20. The van der Waals surface area contributed by atoms with Crippen molar-refractivity contribution in [2.45, 2.75) is 38.6 Å². The third-order valence-corrected chi connectivity index (χ3v) is 6.25. The molecule has 1 N–H and O–H groups in total. The van der Waals surface area contributed by atoms with Gasteiger partial charge in [-0.1, -0.05) is 41.5 Å². The van der Waals surface area contributed by atoms with E-state index in [1.165, 1.54) is 12.8 Å². The number of amides is 1. The van der Waals surface area contributed by atoms with E-state index < -0.39 is 6.04 Å². The van der Waals surface area contributed by atoms with Crippen LogP contribution in [0.2, 0.25) is 0 Å². The molecule has 2 aromatic carbocycles. The van der Waals surface area contributed by atoms with E-state index in [1.54, 1.807) is 0 Å². The summed E-state index contributed by atoms with van der Waals surface area (Å²) in [5.41, 5.74) is 1.45. The first kappa shape index (κ1) is 17.2. The molecule has 2 aliphatic rings. The van der Waals surface area contributed by atoms with Crippen LogP contribution in [0.4, 0.5) is 6.01 Å². The van der Waals surface area contributed by atoms with Crippen LogP contribution in [0.1, 0.15) is 32.6 Å². The molecule has 1 spiro atoms. The normalized spacial score (nSPS) is 19.0. The molecule has 1 aliphatic heterocycles. The summed E-state index contributed by atoms with van der Waals surface area (Å²) in [7, 11) is 0. The van der Waals surface area contributed by atoms with Crippen LogP contribution in [0.5, 0.6) is 0 Å². The molecule has 0 bridgehead atoms. The molecule has 0 radical (unpaired) electrons. The molecule has 1 atom stereocenters. The number of anilines is 1. The minimum absolute atomic E-state index is 0.0976. The van der Waals surface area contributed by atoms with Gasteiger partial charge in [0.1, 0.15) is 6.04 Å². The van der Waals surface area contributed by atoms with Gasteiger partial charge in [-0.2, -0.15) is 0 Å². The van der Waals surface area contributed by atoms with E-state index >= 15 is 0 Å². The van der Waals surface area contributed by atoms with Crippen molar-refractivity contribution in [3.05, 3.63) is 42.5 Å². The maximum atomic E-state index is 12.8. The van der Waals surface area contributed by atoms with Gasteiger partial charge < -0.3 is 14.6 Å². The van der Waals surface area contributed by atoms with E-state index in [-0.39, 0.29) is 11.9 Å². The highest BCUT2D eigenvalue weighted by molar-refractivity contribution is 5.94. The number of aromatic nitrogens is 2. The van der Waals surface area contributed by atoms with Crippen molar-refractivity contribution in [1.29, 1.82) is 0 Å². The van der Waals surface area contributed by atoms with E-state index in [0.29, 0.717) is 11.3 Å². The first-order valence-corrected chi connectivity index (χ1v) is 10.0. The minimum atomic E-state index is -0.394. The first-order chi connectivity index (χ1) is 13.6. The van der Waals surface area contributed by atoms with E-state index in [4.69, 9.17) is 4.42 Å². The van der Waals surface area contributed by atoms with E-state index in [1.807, 2.05) is 42.2 Å². The van der Waals surface area contributed by atoms with Crippen LogP contribution in [0, 0.1) is 5.41 Å². The summed E-state index contributed by atoms with van der Waals surface area (Å²) in [6.45, 7) is 3.57. The highest BCUT2D eigenvalue weighted by Crippen LogP contribution is 2.53. The number of hydrogen-bond donors (Lipinski definition) is 1. The molecule has 1 aromatic heterocycles. The summed E-state index contributed by atoms with van der Waals surface area (Å²) in [6, 6.07) is 14.0. The summed E-state index contributed by atoms with van der Waals surface area (Å²) >= 11 is 0. The Balaban J connectivity index is 1.29. The Morgan fingerprint density at radius 3 is 2.61 bits per heavy atom. The lowest BCUT2D eigenvalue weighted by Crippen LogP contribution is -2.45. The van der Waals surface area contributed by atoms with Crippen molar-refractivity contribution in [1.82, 2.24) is 15.1 Å². The Bertz CT molecular complexity index is 1010. The van der Waals surface area contributed by atoms with E-state index in [2.05, 4.69) is 27.6 Å². The number of carbonyl (C=O) groups excluding carboxylic acids is 1. The molecule has 144 valence electrons. The van der Waals surface area contributed by atoms with Crippen LogP contribution in [0.25, 0.3) is 22.2 Å². The van der Waals surface area contributed by atoms with E-state index in [0.717, 1.165) is 42.3 Å². The van der Waals surface area contributed by atoms with Crippen LogP contribution in [0.3, 0.4) is 0 Å². The van der Waals surface area contributed by atoms with Gasteiger partial charge in [-0.25, -0.2) is 0 Å². The highest BCUT2D eigenvalue weighted by Gasteiger charge is 2.45. The van der Waals surface area contributed by atoms with Crippen LogP contribution in [-0.4, -0.2) is 40.1 Å². The number of piperidine rings is 1. The lowest BCUT2D eigenvalue weighted by molar-refractivity contribution is -0.133. The zero-order chi connectivity index (χ0) is 19.1. The SMILES string of the molecule is C[C@H](Nc1nnc(-c2cccc3ccccc23)o1)C(=O)N1CCC2(CC1)CC2. The highest BCUT2D eigenvalue weighted by atomic mass is 16.4. The predicted octanol–water partition coefficient (Wildman–Crippen LogP) is 4.09. The van der Waals surface area contributed by atoms with Gasteiger partial charge in [0, 0.05) is 18.7 Å². The molecule has 1 saturated heterocycles. The number of likely N-dealkylation sites (tertiary alicyclic amines) is 1. The third kappa shape index (κ3) is 3.13. The molecule has 1 aliphatic carbocycles. The lowest BCUT2D eigenvalue weighted by atomic mass is 9.93. The topological polar surface area (TPSA) is 71.3 Å².